The molecule has 118 valence electrons. The monoisotopic (exact) mass is 302 g/mol. The highest BCUT2D eigenvalue weighted by Crippen LogP contribution is 2.23. The highest BCUT2D eigenvalue weighted by molar-refractivity contribution is 5.61. The van der Waals surface area contributed by atoms with Gasteiger partial charge in [-0.05, 0) is 0 Å². The third-order valence-electron chi connectivity index (χ3n) is 3.87. The molecule has 2 aromatic rings. The van der Waals surface area contributed by atoms with Gasteiger partial charge < -0.3 is 9.80 Å². The van der Waals surface area contributed by atoms with E-state index in [0.29, 0.717) is 0 Å². The molecule has 22 heavy (non-hydrogen) atoms. The summed E-state index contributed by atoms with van der Waals surface area (Å²) in [5.41, 5.74) is 0. The van der Waals surface area contributed by atoms with E-state index in [4.69, 9.17) is 0 Å². The Kier molecular flexibility index (Phi) is 4.47. The summed E-state index contributed by atoms with van der Waals surface area (Å²) in [5, 5.41) is 4.14. The van der Waals surface area contributed by atoms with Crippen molar-refractivity contribution < 1.29 is 0 Å². The molecule has 3 heterocycles. The maximum absolute atomic E-state index is 4.52. The van der Waals surface area contributed by atoms with Crippen molar-refractivity contribution in [2.24, 2.45) is 0 Å². The van der Waals surface area contributed by atoms with Crippen LogP contribution >= 0.6 is 0 Å². The predicted octanol–water partition coefficient (Wildman–Crippen LogP) is -0.0437. The van der Waals surface area contributed by atoms with E-state index in [1.54, 1.807) is 25.0 Å². The Labute approximate surface area is 130 Å². The minimum absolute atomic E-state index is 0.883. The van der Waals surface area contributed by atoms with Crippen LogP contribution in [-0.4, -0.2) is 76.5 Å². The zero-order valence-electron chi connectivity index (χ0n) is 13.1. The second-order valence-corrected chi connectivity index (χ2v) is 5.59. The lowest BCUT2D eigenvalue weighted by Gasteiger charge is -2.36. The van der Waals surface area contributed by atoms with Crippen LogP contribution in [0.3, 0.4) is 0 Å². The summed E-state index contributed by atoms with van der Waals surface area (Å²) >= 11 is 0. The molecular formula is C14H22N8. The number of nitrogens with zero attached hydrogens (tertiary/aromatic N) is 8. The molecule has 0 amide bonds. The first-order valence-corrected chi connectivity index (χ1v) is 7.52. The summed E-state index contributed by atoms with van der Waals surface area (Å²) in [6.45, 7) is 5.87. The van der Waals surface area contributed by atoms with Gasteiger partial charge in [0, 0.05) is 59.2 Å². The van der Waals surface area contributed by atoms with Crippen LogP contribution in [0, 0.1) is 0 Å². The molecule has 1 saturated heterocycles. The summed E-state index contributed by atoms with van der Waals surface area (Å²) < 4.78 is 1.87. The molecule has 0 spiro atoms. The molecule has 0 unspecified atom stereocenters. The first kappa shape index (κ1) is 14.7. The second-order valence-electron chi connectivity index (χ2n) is 5.59. The van der Waals surface area contributed by atoms with E-state index in [1.165, 1.54) is 0 Å². The smallest absolute Gasteiger partial charge is 0.172 e. The Morgan fingerprint density at radius 3 is 2.50 bits per heavy atom. The molecule has 0 aliphatic carbocycles. The van der Waals surface area contributed by atoms with E-state index >= 15 is 0 Å². The lowest BCUT2D eigenvalue weighted by atomic mass is 10.3. The van der Waals surface area contributed by atoms with Gasteiger partial charge in [0.15, 0.2) is 11.6 Å². The lowest BCUT2D eigenvalue weighted by molar-refractivity contribution is 0.244. The Morgan fingerprint density at radius 2 is 1.82 bits per heavy atom. The quantitative estimate of drug-likeness (QED) is 0.767. The van der Waals surface area contributed by atoms with Crippen molar-refractivity contribution >= 4 is 11.6 Å². The molecule has 1 aliphatic heterocycles. The minimum Gasteiger partial charge on any atom is -0.360 e. The van der Waals surface area contributed by atoms with Gasteiger partial charge in [0.25, 0.3) is 0 Å². The molecule has 0 bridgehead atoms. The van der Waals surface area contributed by atoms with Gasteiger partial charge in [0.2, 0.25) is 0 Å². The standard InChI is InChI=1S/C14H22N8/c1-19(2)13-14(17-4-3-16-13)21-8-5-20(6-9-21)7-10-22-12-15-11-18-22/h3-4,11-12H,5-10H2,1-2H3. The van der Waals surface area contributed by atoms with Crippen LogP contribution in [0.5, 0.6) is 0 Å². The topological polar surface area (TPSA) is 66.2 Å². The van der Waals surface area contributed by atoms with Gasteiger partial charge in [-0.25, -0.2) is 15.0 Å². The SMILES string of the molecule is CN(C)c1nccnc1N1CCN(CCn2cncn2)CC1. The highest BCUT2D eigenvalue weighted by atomic mass is 15.3. The van der Waals surface area contributed by atoms with E-state index in [2.05, 4.69) is 29.9 Å². The number of piperazine rings is 1. The summed E-state index contributed by atoms with van der Waals surface area (Å²) in [6.07, 6.45) is 6.85. The van der Waals surface area contributed by atoms with E-state index in [9.17, 15) is 0 Å². The lowest BCUT2D eigenvalue weighted by Crippen LogP contribution is -2.47. The molecule has 0 saturated carbocycles. The van der Waals surface area contributed by atoms with Gasteiger partial charge in [0.1, 0.15) is 12.7 Å². The van der Waals surface area contributed by atoms with Crippen molar-refractivity contribution in [3.63, 3.8) is 0 Å². The normalized spacial score (nSPS) is 16.0. The molecule has 1 aliphatic rings. The number of anilines is 2. The number of hydrogen-bond donors (Lipinski definition) is 0. The zero-order chi connectivity index (χ0) is 15.4. The van der Waals surface area contributed by atoms with Crippen molar-refractivity contribution in [1.82, 2.24) is 29.6 Å². The molecule has 2 aromatic heterocycles. The Balaban J connectivity index is 1.55. The third kappa shape index (κ3) is 3.33. The molecule has 8 nitrogen and oxygen atoms in total. The van der Waals surface area contributed by atoms with Crippen LogP contribution < -0.4 is 9.80 Å². The summed E-state index contributed by atoms with van der Waals surface area (Å²) in [5.74, 6) is 1.90. The number of hydrogen-bond acceptors (Lipinski definition) is 7. The average Bonchev–Trinajstić information content (AvgIpc) is 3.07. The van der Waals surface area contributed by atoms with E-state index in [1.807, 2.05) is 23.7 Å². The maximum atomic E-state index is 4.52. The van der Waals surface area contributed by atoms with Crippen LogP contribution in [0.1, 0.15) is 0 Å². The molecular weight excluding hydrogens is 280 g/mol. The largest absolute Gasteiger partial charge is 0.360 e. The van der Waals surface area contributed by atoms with Gasteiger partial charge in [0.05, 0.1) is 6.54 Å². The van der Waals surface area contributed by atoms with Gasteiger partial charge in [-0.1, -0.05) is 0 Å². The minimum atomic E-state index is 0.883. The molecule has 0 N–H and O–H groups in total. The fraction of sp³-hybridized carbons (Fsp3) is 0.571. The average molecular weight is 302 g/mol. The Morgan fingerprint density at radius 1 is 1.05 bits per heavy atom. The number of aromatic nitrogens is 5. The Bertz CT molecular complexity index is 574. The fourth-order valence-corrected chi connectivity index (χ4v) is 2.64. The van der Waals surface area contributed by atoms with Gasteiger partial charge in [-0.3, -0.25) is 9.58 Å². The van der Waals surface area contributed by atoms with Crippen molar-refractivity contribution in [3.05, 3.63) is 25.0 Å². The third-order valence-corrected chi connectivity index (χ3v) is 3.87. The molecule has 3 rings (SSSR count). The van der Waals surface area contributed by atoms with E-state index in [0.717, 1.165) is 50.9 Å². The Hall–Kier alpha value is -2.22. The van der Waals surface area contributed by atoms with Gasteiger partial charge in [-0.15, -0.1) is 0 Å². The van der Waals surface area contributed by atoms with Gasteiger partial charge >= 0.3 is 0 Å². The van der Waals surface area contributed by atoms with Crippen molar-refractivity contribution in [2.45, 2.75) is 6.54 Å². The first-order valence-electron chi connectivity index (χ1n) is 7.52. The molecule has 1 fully saturated rings. The molecule has 0 aromatic carbocycles. The van der Waals surface area contributed by atoms with Crippen LogP contribution in [0.25, 0.3) is 0 Å². The van der Waals surface area contributed by atoms with E-state index < -0.39 is 0 Å². The van der Waals surface area contributed by atoms with E-state index in [-0.39, 0.29) is 0 Å². The summed E-state index contributed by atoms with van der Waals surface area (Å²) in [6, 6.07) is 0. The fourth-order valence-electron chi connectivity index (χ4n) is 2.64. The second kappa shape index (κ2) is 6.69. The summed E-state index contributed by atoms with van der Waals surface area (Å²) in [7, 11) is 4.00. The zero-order valence-corrected chi connectivity index (χ0v) is 13.1. The van der Waals surface area contributed by atoms with Crippen LogP contribution in [0.4, 0.5) is 11.6 Å². The maximum Gasteiger partial charge on any atom is 0.172 e. The molecule has 0 atom stereocenters. The highest BCUT2D eigenvalue weighted by Gasteiger charge is 2.21. The summed E-state index contributed by atoms with van der Waals surface area (Å²) in [4.78, 5) is 19.7. The molecule has 0 radical (unpaired) electrons. The molecule has 8 heteroatoms. The van der Waals surface area contributed by atoms with Gasteiger partial charge in [-0.2, -0.15) is 5.10 Å². The van der Waals surface area contributed by atoms with Crippen LogP contribution in [0.2, 0.25) is 0 Å². The number of rotatable bonds is 5. The van der Waals surface area contributed by atoms with Crippen molar-refractivity contribution in [2.75, 3.05) is 56.6 Å². The van der Waals surface area contributed by atoms with Crippen molar-refractivity contribution in [1.29, 1.82) is 0 Å². The first-order chi connectivity index (χ1) is 10.7. The van der Waals surface area contributed by atoms with Crippen LogP contribution in [-0.2, 0) is 6.54 Å². The predicted molar refractivity (Wildman–Crippen MR) is 85.0 cm³/mol. The van der Waals surface area contributed by atoms with Crippen LogP contribution in [0.15, 0.2) is 25.0 Å². The van der Waals surface area contributed by atoms with Crippen molar-refractivity contribution in [3.8, 4) is 0 Å².